The highest BCUT2D eigenvalue weighted by molar-refractivity contribution is 7.85. The largest absolute Gasteiger partial charge is 0.748 e. The zero-order valence-electron chi connectivity index (χ0n) is 37.2. The number of ketones is 1. The van der Waals surface area contributed by atoms with E-state index in [1.165, 1.54) is 6.92 Å². The predicted octanol–water partition coefficient (Wildman–Crippen LogP) is 4.61. The van der Waals surface area contributed by atoms with E-state index in [1.807, 2.05) is 24.3 Å². The first-order valence-corrected chi connectivity index (χ1v) is 23.8. The number of amides is 4. The van der Waals surface area contributed by atoms with Gasteiger partial charge in [-0.05, 0) is 90.1 Å². The molecule has 4 amide bonds. The van der Waals surface area contributed by atoms with E-state index >= 15 is 0 Å². The van der Waals surface area contributed by atoms with Crippen LogP contribution < -0.4 is 25.5 Å². The van der Waals surface area contributed by atoms with Gasteiger partial charge in [-0.2, -0.15) is 0 Å². The Balaban J connectivity index is 1.23. The van der Waals surface area contributed by atoms with Gasteiger partial charge in [-0.25, -0.2) is 13.0 Å². The van der Waals surface area contributed by atoms with Gasteiger partial charge in [0.2, 0.25) is 23.1 Å². The molecule has 1 saturated heterocycles. The number of unbranched alkanes of at least 4 members (excludes halogenated alkanes) is 2. The van der Waals surface area contributed by atoms with Gasteiger partial charge in [0.05, 0.1) is 21.9 Å². The summed E-state index contributed by atoms with van der Waals surface area (Å²) >= 11 is 0. The zero-order chi connectivity index (χ0) is 45.7. The van der Waals surface area contributed by atoms with Crippen LogP contribution in [0.3, 0.4) is 0 Å². The summed E-state index contributed by atoms with van der Waals surface area (Å²) in [5.74, 6) is -2.01. The number of rotatable bonds is 21. The Morgan fingerprint density at radius 3 is 2.14 bits per heavy atom. The van der Waals surface area contributed by atoms with Crippen LogP contribution in [-0.2, 0) is 29.3 Å². The number of piperazine rings is 1. The van der Waals surface area contributed by atoms with Gasteiger partial charge in [-0.3, -0.25) is 19.2 Å². The van der Waals surface area contributed by atoms with E-state index in [1.54, 1.807) is 9.80 Å². The molecule has 63 heavy (non-hydrogen) atoms. The molecule has 1 aliphatic carbocycles. The second kappa shape index (κ2) is 22.7. The molecule has 0 bridgehead atoms. The highest BCUT2D eigenvalue weighted by Crippen LogP contribution is 2.42. The number of Topliss-reactive ketones (excluding diaryl/α,β-unsaturated/α-hetero) is 1. The number of fused-ring (bicyclic) bond motifs is 2. The van der Waals surface area contributed by atoms with Crippen LogP contribution in [0.25, 0.3) is 33.4 Å². The van der Waals surface area contributed by atoms with Crippen LogP contribution in [-0.4, -0.2) is 123 Å². The molecular weight excluding hydrogens is 825 g/mol. The molecule has 5 rings (SSSR count). The lowest BCUT2D eigenvalue weighted by atomic mass is 9.90. The molecule has 0 aromatic heterocycles. The molecule has 0 spiro atoms. The average Bonchev–Trinajstić information content (AvgIpc) is 3.26. The minimum Gasteiger partial charge on any atom is -0.748 e. The van der Waals surface area contributed by atoms with Crippen LogP contribution in [0.5, 0.6) is 0 Å². The lowest BCUT2D eigenvalue weighted by Gasteiger charge is -2.35. The van der Waals surface area contributed by atoms with Crippen LogP contribution in [0.15, 0.2) is 65.1 Å². The number of nitrogens with zero attached hydrogens (tertiary/aromatic N) is 4. The Morgan fingerprint density at radius 2 is 1.48 bits per heavy atom. The van der Waals surface area contributed by atoms with Crippen molar-refractivity contribution in [3.63, 3.8) is 0 Å². The van der Waals surface area contributed by atoms with Crippen molar-refractivity contribution >= 4 is 56.2 Å². The van der Waals surface area contributed by atoms with Crippen molar-refractivity contribution in [3.05, 3.63) is 71.6 Å². The molecule has 2 aromatic rings. The van der Waals surface area contributed by atoms with E-state index in [4.69, 9.17) is 4.42 Å². The van der Waals surface area contributed by atoms with Gasteiger partial charge < -0.3 is 39.1 Å². The van der Waals surface area contributed by atoms with E-state index < -0.39 is 33.7 Å². The first-order chi connectivity index (χ1) is 30.2. The third kappa shape index (κ3) is 13.0. The summed E-state index contributed by atoms with van der Waals surface area (Å²) in [5, 5.41) is 6.81. The molecule has 0 unspecified atom stereocenters. The summed E-state index contributed by atoms with van der Waals surface area (Å²) in [6, 6.07) is 18.6. The average molecular weight is 887 g/mol. The summed E-state index contributed by atoms with van der Waals surface area (Å²) in [6.07, 6.45) is 2.09. The smallest absolute Gasteiger partial charge is 0.254 e. The molecule has 16 heteroatoms. The number of carbonyl (C=O) groups is 5. The second-order valence-electron chi connectivity index (χ2n) is 15.9. The van der Waals surface area contributed by atoms with Gasteiger partial charge >= 0.3 is 0 Å². The Hall–Kier alpha value is -5.61. The van der Waals surface area contributed by atoms with Crippen molar-refractivity contribution in [2.24, 2.45) is 0 Å². The summed E-state index contributed by atoms with van der Waals surface area (Å²) in [6.45, 7) is 14.9. The molecule has 2 aliphatic heterocycles. The van der Waals surface area contributed by atoms with E-state index in [0.29, 0.717) is 63.8 Å². The molecule has 2 heterocycles. The van der Waals surface area contributed by atoms with Crippen molar-refractivity contribution in [2.45, 2.75) is 85.6 Å². The first-order valence-electron chi connectivity index (χ1n) is 22.2. The fraction of sp³-hybridized carbons (Fsp3) is 0.489. The number of anilines is 1. The van der Waals surface area contributed by atoms with E-state index in [9.17, 15) is 36.9 Å². The molecule has 3 aliphatic rings. The van der Waals surface area contributed by atoms with Gasteiger partial charge in [0.25, 0.3) is 5.91 Å². The fourth-order valence-corrected chi connectivity index (χ4v) is 8.80. The summed E-state index contributed by atoms with van der Waals surface area (Å²) < 4.78 is 43.3. The Labute approximate surface area is 370 Å². The maximum atomic E-state index is 14.4. The topological polar surface area (TPSA) is 192 Å². The van der Waals surface area contributed by atoms with Crippen molar-refractivity contribution in [1.29, 1.82) is 0 Å². The van der Waals surface area contributed by atoms with Gasteiger partial charge in [0.1, 0.15) is 36.3 Å². The van der Waals surface area contributed by atoms with Crippen molar-refractivity contribution < 1.29 is 41.4 Å². The van der Waals surface area contributed by atoms with Gasteiger partial charge in [0, 0.05) is 105 Å². The maximum Gasteiger partial charge on any atom is 0.254 e. The first kappa shape index (κ1) is 48.4. The van der Waals surface area contributed by atoms with E-state index in [2.05, 4.69) is 84.2 Å². The Morgan fingerprint density at radius 1 is 0.810 bits per heavy atom. The molecule has 1 fully saturated rings. The fourth-order valence-electron chi connectivity index (χ4n) is 8.15. The summed E-state index contributed by atoms with van der Waals surface area (Å²) in [4.78, 5) is 69.8. The van der Waals surface area contributed by atoms with Crippen LogP contribution in [0, 0.1) is 0 Å². The number of benzene rings is 3. The van der Waals surface area contributed by atoms with Gasteiger partial charge in [0.15, 0.2) is 0 Å². The standard InChI is InChI=1S/C47H62N6O9S/c1-6-50(7-2)34-21-23-38-41(30-34)62-42-31-35(51(8-3)9-4)22-24-39(42)45(38)36-17-10-11-18-37(36)47(58)53-28-26-52(27-29-53)44(56)20-13-12-19-43(55)49-40(32-63(59,60)61)46(57)48-25-15-14-16-33(5)54/h10-11,17-18,21-24,30-31,40H,6-9,12-16,19-20,25-29,32H2,1-5H3,(H2-,48,49,55,57,59,60,61)/t40-/m0/s1. The quantitative estimate of drug-likeness (QED) is 0.0517. The summed E-state index contributed by atoms with van der Waals surface area (Å²) in [7, 11) is -4.83. The lowest BCUT2D eigenvalue weighted by molar-refractivity contribution is -0.133. The SMILES string of the molecule is CCN(CC)c1ccc2c(-c3ccccc3C(=O)N3CCN(C(=O)CCCCC(=O)N[C@@H](CS(=O)(=O)[O-])C(=O)NCCCCC(C)=O)CC3)c3ccc(=[N+](CC)CC)cc-3oc2c1. The molecule has 1 atom stereocenters. The Kier molecular flexibility index (Phi) is 17.4. The maximum absolute atomic E-state index is 14.4. The number of nitrogens with one attached hydrogen (secondary N) is 2. The normalized spacial score (nSPS) is 13.5. The van der Waals surface area contributed by atoms with Crippen molar-refractivity contribution in [3.8, 4) is 22.5 Å². The Bertz CT molecular complexity index is 2410. The highest BCUT2D eigenvalue weighted by Gasteiger charge is 2.29. The minimum atomic E-state index is -4.83. The molecule has 340 valence electrons. The third-order valence-corrected chi connectivity index (χ3v) is 12.4. The second-order valence-corrected chi connectivity index (χ2v) is 17.4. The van der Waals surface area contributed by atoms with Crippen molar-refractivity contribution in [1.82, 2.24) is 25.0 Å². The van der Waals surface area contributed by atoms with Crippen molar-refractivity contribution in [2.75, 3.05) is 69.6 Å². The number of hydrogen-bond acceptors (Lipinski definition) is 10. The van der Waals surface area contributed by atoms with Gasteiger partial charge in [-0.1, -0.05) is 18.2 Å². The van der Waals surface area contributed by atoms with Crippen LogP contribution in [0.2, 0.25) is 0 Å². The van der Waals surface area contributed by atoms with Crippen LogP contribution in [0.1, 0.15) is 89.9 Å². The molecule has 0 radical (unpaired) electrons. The number of hydrogen-bond donors (Lipinski definition) is 2. The molecular formula is C47H62N6O9S. The molecule has 2 N–H and O–H groups in total. The predicted molar refractivity (Wildman–Crippen MR) is 243 cm³/mol. The molecule has 2 aromatic carbocycles. The van der Waals surface area contributed by atoms with Crippen LogP contribution >= 0.6 is 0 Å². The third-order valence-electron chi connectivity index (χ3n) is 11.6. The number of carbonyl (C=O) groups excluding carboxylic acids is 5. The minimum absolute atomic E-state index is 0.0105. The highest BCUT2D eigenvalue weighted by atomic mass is 32.2. The van der Waals surface area contributed by atoms with E-state index in [-0.39, 0.29) is 37.0 Å². The molecule has 0 saturated carbocycles. The van der Waals surface area contributed by atoms with E-state index in [0.717, 1.165) is 70.6 Å². The lowest BCUT2D eigenvalue weighted by Crippen LogP contribution is -2.50. The van der Waals surface area contributed by atoms with Crippen LogP contribution in [0.4, 0.5) is 5.69 Å². The monoisotopic (exact) mass is 886 g/mol. The summed E-state index contributed by atoms with van der Waals surface area (Å²) in [5.41, 5.74) is 4.95. The van der Waals surface area contributed by atoms with Gasteiger partial charge in [-0.15, -0.1) is 0 Å². The molecule has 15 nitrogen and oxygen atoms in total. The zero-order valence-corrected chi connectivity index (χ0v) is 38.1.